The lowest BCUT2D eigenvalue weighted by Gasteiger charge is -2.32. The zero-order valence-electron chi connectivity index (χ0n) is 6.84. The molecule has 3 heteroatoms. The maximum Gasteiger partial charge on any atom is 0.132 e. The number of nitrogens with zero attached hydrogens (tertiary/aromatic N) is 1. The first-order valence-electron chi connectivity index (χ1n) is 4.49. The number of nitrogens with one attached hydrogen (secondary N) is 1. The fourth-order valence-corrected chi connectivity index (χ4v) is 2.07. The van der Waals surface area contributed by atoms with Crippen molar-refractivity contribution in [1.29, 1.82) is 0 Å². The SMILES string of the molecule is OC1(N2CCCC2)CCNC1. The van der Waals surface area contributed by atoms with Gasteiger partial charge in [-0.3, -0.25) is 4.90 Å². The van der Waals surface area contributed by atoms with Crippen molar-refractivity contribution in [2.24, 2.45) is 0 Å². The number of rotatable bonds is 1. The predicted octanol–water partition coefficient (Wildman–Crippen LogP) is -0.236. The minimum atomic E-state index is -0.503. The van der Waals surface area contributed by atoms with E-state index in [1.54, 1.807) is 0 Å². The predicted molar refractivity (Wildman–Crippen MR) is 43.2 cm³/mol. The number of aliphatic hydroxyl groups is 1. The van der Waals surface area contributed by atoms with Gasteiger partial charge in [0.1, 0.15) is 5.72 Å². The first kappa shape index (κ1) is 7.53. The molecule has 2 N–H and O–H groups in total. The van der Waals surface area contributed by atoms with Crippen molar-refractivity contribution in [1.82, 2.24) is 10.2 Å². The lowest BCUT2D eigenvalue weighted by Crippen LogP contribution is -2.48. The molecule has 2 saturated heterocycles. The van der Waals surface area contributed by atoms with Crippen molar-refractivity contribution < 1.29 is 5.11 Å². The Labute approximate surface area is 67.4 Å². The van der Waals surface area contributed by atoms with Gasteiger partial charge in [0.2, 0.25) is 0 Å². The summed E-state index contributed by atoms with van der Waals surface area (Å²) in [5.41, 5.74) is -0.503. The zero-order valence-corrected chi connectivity index (χ0v) is 6.84. The van der Waals surface area contributed by atoms with Gasteiger partial charge < -0.3 is 10.4 Å². The van der Waals surface area contributed by atoms with Crippen molar-refractivity contribution >= 4 is 0 Å². The highest BCUT2D eigenvalue weighted by atomic mass is 16.3. The molecule has 2 aliphatic rings. The largest absolute Gasteiger partial charge is 0.374 e. The summed E-state index contributed by atoms with van der Waals surface area (Å²) < 4.78 is 0. The van der Waals surface area contributed by atoms with Crippen LogP contribution in [0.15, 0.2) is 0 Å². The van der Waals surface area contributed by atoms with Crippen LogP contribution >= 0.6 is 0 Å². The standard InChI is InChI=1S/C8H16N2O/c11-8(3-4-9-7-8)10-5-1-2-6-10/h9,11H,1-7H2. The van der Waals surface area contributed by atoms with Crippen LogP contribution < -0.4 is 5.32 Å². The second-order valence-corrected chi connectivity index (χ2v) is 3.60. The molecule has 0 aliphatic carbocycles. The summed E-state index contributed by atoms with van der Waals surface area (Å²) in [6.45, 7) is 3.89. The molecular formula is C8H16N2O. The highest BCUT2D eigenvalue weighted by Crippen LogP contribution is 2.24. The normalized spacial score (nSPS) is 40.1. The Morgan fingerprint density at radius 2 is 2.00 bits per heavy atom. The Morgan fingerprint density at radius 1 is 1.27 bits per heavy atom. The summed E-state index contributed by atoms with van der Waals surface area (Å²) in [5.74, 6) is 0. The van der Waals surface area contributed by atoms with Gasteiger partial charge in [0, 0.05) is 26.1 Å². The number of β-amino-alcohol motifs (C(OH)–C–C–N with tert-alkyl or cyclic N) is 1. The highest BCUT2D eigenvalue weighted by molar-refractivity contribution is 4.89. The number of likely N-dealkylation sites (tertiary alicyclic amines) is 1. The molecule has 3 nitrogen and oxygen atoms in total. The molecule has 0 amide bonds. The van der Waals surface area contributed by atoms with Crippen LogP contribution in [0.5, 0.6) is 0 Å². The van der Waals surface area contributed by atoms with Crippen molar-refractivity contribution in [3.63, 3.8) is 0 Å². The average molecular weight is 156 g/mol. The zero-order chi connectivity index (χ0) is 7.73. The monoisotopic (exact) mass is 156 g/mol. The highest BCUT2D eigenvalue weighted by Gasteiger charge is 2.38. The summed E-state index contributed by atoms with van der Waals surface area (Å²) in [4.78, 5) is 2.22. The van der Waals surface area contributed by atoms with E-state index in [1.807, 2.05) is 0 Å². The Bertz CT molecular complexity index is 137. The van der Waals surface area contributed by atoms with Gasteiger partial charge in [0.15, 0.2) is 0 Å². The Kier molecular flexibility index (Phi) is 1.87. The second kappa shape index (κ2) is 2.73. The van der Waals surface area contributed by atoms with Gasteiger partial charge in [0.25, 0.3) is 0 Å². The van der Waals surface area contributed by atoms with E-state index >= 15 is 0 Å². The Morgan fingerprint density at radius 3 is 2.55 bits per heavy atom. The summed E-state index contributed by atoms with van der Waals surface area (Å²) in [5, 5.41) is 13.3. The molecule has 0 saturated carbocycles. The third-order valence-corrected chi connectivity index (χ3v) is 2.80. The van der Waals surface area contributed by atoms with Gasteiger partial charge in [-0.2, -0.15) is 0 Å². The Balaban J connectivity index is 2.00. The maximum absolute atomic E-state index is 10.1. The van der Waals surface area contributed by atoms with Crippen molar-refractivity contribution in [2.75, 3.05) is 26.2 Å². The van der Waals surface area contributed by atoms with Crippen LogP contribution in [0.3, 0.4) is 0 Å². The fourth-order valence-electron chi connectivity index (χ4n) is 2.07. The summed E-state index contributed by atoms with van der Waals surface area (Å²) in [6, 6.07) is 0. The molecule has 2 rings (SSSR count). The van der Waals surface area contributed by atoms with Gasteiger partial charge in [-0.25, -0.2) is 0 Å². The molecule has 0 radical (unpaired) electrons. The van der Waals surface area contributed by atoms with Gasteiger partial charge in [-0.1, -0.05) is 0 Å². The van der Waals surface area contributed by atoms with Crippen LogP contribution in [-0.2, 0) is 0 Å². The van der Waals surface area contributed by atoms with Crippen LogP contribution in [0.4, 0.5) is 0 Å². The molecule has 2 heterocycles. The smallest absolute Gasteiger partial charge is 0.132 e. The topological polar surface area (TPSA) is 35.5 Å². The third-order valence-electron chi connectivity index (χ3n) is 2.80. The van der Waals surface area contributed by atoms with Gasteiger partial charge >= 0.3 is 0 Å². The molecule has 2 fully saturated rings. The molecule has 1 atom stereocenters. The van der Waals surface area contributed by atoms with Crippen molar-refractivity contribution in [3.05, 3.63) is 0 Å². The lowest BCUT2D eigenvalue weighted by atomic mass is 10.1. The minimum absolute atomic E-state index is 0.503. The fraction of sp³-hybridized carbons (Fsp3) is 1.00. The van der Waals surface area contributed by atoms with E-state index in [0.29, 0.717) is 0 Å². The first-order chi connectivity index (χ1) is 5.31. The first-order valence-corrected chi connectivity index (χ1v) is 4.49. The van der Waals surface area contributed by atoms with E-state index < -0.39 is 5.72 Å². The summed E-state index contributed by atoms with van der Waals surface area (Å²) >= 11 is 0. The van der Waals surface area contributed by atoms with Crippen molar-refractivity contribution in [2.45, 2.75) is 25.0 Å². The molecule has 2 aliphatic heterocycles. The summed E-state index contributed by atoms with van der Waals surface area (Å²) in [7, 11) is 0. The minimum Gasteiger partial charge on any atom is -0.374 e. The van der Waals surface area contributed by atoms with E-state index in [0.717, 1.165) is 32.6 Å². The van der Waals surface area contributed by atoms with Crippen LogP contribution in [0.25, 0.3) is 0 Å². The van der Waals surface area contributed by atoms with Crippen LogP contribution in [-0.4, -0.2) is 41.9 Å². The number of hydrogen-bond donors (Lipinski definition) is 2. The van der Waals surface area contributed by atoms with Crippen LogP contribution in [0.1, 0.15) is 19.3 Å². The van der Waals surface area contributed by atoms with E-state index in [1.165, 1.54) is 12.8 Å². The quantitative estimate of drug-likeness (QED) is 0.550. The van der Waals surface area contributed by atoms with Gasteiger partial charge in [0.05, 0.1) is 0 Å². The molecule has 0 aromatic heterocycles. The molecule has 0 spiro atoms. The van der Waals surface area contributed by atoms with Crippen LogP contribution in [0, 0.1) is 0 Å². The maximum atomic E-state index is 10.1. The van der Waals surface area contributed by atoms with E-state index in [9.17, 15) is 5.11 Å². The molecular weight excluding hydrogens is 140 g/mol. The second-order valence-electron chi connectivity index (χ2n) is 3.60. The molecule has 0 aromatic rings. The average Bonchev–Trinajstić information content (AvgIpc) is 2.55. The third kappa shape index (κ3) is 1.28. The molecule has 64 valence electrons. The molecule has 0 aromatic carbocycles. The van der Waals surface area contributed by atoms with E-state index in [-0.39, 0.29) is 0 Å². The molecule has 0 bridgehead atoms. The molecule has 1 unspecified atom stereocenters. The van der Waals surface area contributed by atoms with Crippen LogP contribution in [0.2, 0.25) is 0 Å². The Hall–Kier alpha value is -0.120. The van der Waals surface area contributed by atoms with Gasteiger partial charge in [-0.05, 0) is 19.4 Å². The lowest BCUT2D eigenvalue weighted by molar-refractivity contribution is -0.0794. The van der Waals surface area contributed by atoms with Crippen molar-refractivity contribution in [3.8, 4) is 0 Å². The van der Waals surface area contributed by atoms with E-state index in [2.05, 4.69) is 10.2 Å². The van der Waals surface area contributed by atoms with Gasteiger partial charge in [-0.15, -0.1) is 0 Å². The summed E-state index contributed by atoms with van der Waals surface area (Å²) in [6.07, 6.45) is 3.40. The number of hydrogen-bond acceptors (Lipinski definition) is 3. The van der Waals surface area contributed by atoms with E-state index in [4.69, 9.17) is 0 Å². The molecule has 11 heavy (non-hydrogen) atoms.